The third-order valence-corrected chi connectivity index (χ3v) is 2.36. The number of amidine groups is 1. The molecule has 13 heavy (non-hydrogen) atoms. The summed E-state index contributed by atoms with van der Waals surface area (Å²) in [7, 11) is 0. The molecule has 0 spiro atoms. The maximum Gasteiger partial charge on any atom is 0.258 e. The van der Waals surface area contributed by atoms with Crippen molar-refractivity contribution in [3.8, 4) is 0 Å². The summed E-state index contributed by atoms with van der Waals surface area (Å²) >= 11 is 5.56. The number of carbonyl (C=O) groups excluding carboxylic acids is 1. The van der Waals surface area contributed by atoms with Crippen molar-refractivity contribution in [1.82, 2.24) is 0 Å². The summed E-state index contributed by atoms with van der Waals surface area (Å²) in [4.78, 5) is 19.4. The molecule has 4 nitrogen and oxygen atoms in total. The van der Waals surface area contributed by atoms with Crippen molar-refractivity contribution in [2.45, 2.75) is 6.42 Å². The Morgan fingerprint density at radius 3 is 3.15 bits per heavy atom. The maximum absolute atomic E-state index is 11.4. The van der Waals surface area contributed by atoms with Crippen molar-refractivity contribution < 1.29 is 9.53 Å². The molecular formula is C8H9ClN2O2. The van der Waals surface area contributed by atoms with Gasteiger partial charge in [0.2, 0.25) is 0 Å². The van der Waals surface area contributed by atoms with Crippen molar-refractivity contribution in [2.75, 3.05) is 19.1 Å². The third kappa shape index (κ3) is 1.64. The number of alkyl halides is 1. The summed E-state index contributed by atoms with van der Waals surface area (Å²) in [5, 5.41) is 0. The number of halogens is 1. The predicted molar refractivity (Wildman–Crippen MR) is 49.5 cm³/mol. The quantitative estimate of drug-likeness (QED) is 0.584. The highest BCUT2D eigenvalue weighted by Gasteiger charge is 2.31. The van der Waals surface area contributed by atoms with Gasteiger partial charge in [-0.25, -0.2) is 4.99 Å². The standard InChI is InChI=1S/C8H9ClN2O2/c9-3-7-10-6-1-2-13-4-5(6)8(12)11-7/h5H,1-4H2. The number of hydrogen-bond acceptors (Lipinski definition) is 3. The Kier molecular flexibility index (Phi) is 2.42. The van der Waals surface area contributed by atoms with E-state index in [0.717, 1.165) is 5.71 Å². The maximum atomic E-state index is 11.4. The molecular weight excluding hydrogens is 192 g/mol. The Morgan fingerprint density at radius 2 is 2.38 bits per heavy atom. The van der Waals surface area contributed by atoms with Crippen molar-refractivity contribution in [2.24, 2.45) is 15.9 Å². The molecule has 0 radical (unpaired) electrons. The van der Waals surface area contributed by atoms with E-state index in [0.29, 0.717) is 25.5 Å². The van der Waals surface area contributed by atoms with Crippen molar-refractivity contribution in [1.29, 1.82) is 0 Å². The fraction of sp³-hybridized carbons (Fsp3) is 0.625. The second-order valence-corrected chi connectivity index (χ2v) is 3.25. The molecule has 0 N–H and O–H groups in total. The van der Waals surface area contributed by atoms with Crippen LogP contribution < -0.4 is 0 Å². The normalized spacial score (nSPS) is 27.8. The topological polar surface area (TPSA) is 51.0 Å². The Morgan fingerprint density at radius 1 is 1.54 bits per heavy atom. The minimum absolute atomic E-state index is 0.166. The summed E-state index contributed by atoms with van der Waals surface area (Å²) in [5.41, 5.74) is 0.877. The summed E-state index contributed by atoms with van der Waals surface area (Å²) in [5.74, 6) is 0.212. The van der Waals surface area contributed by atoms with Gasteiger partial charge in [-0.2, -0.15) is 4.99 Å². The molecule has 2 heterocycles. The molecule has 1 unspecified atom stereocenters. The Balaban J connectivity index is 2.26. The first-order valence-corrected chi connectivity index (χ1v) is 4.67. The highest BCUT2D eigenvalue weighted by molar-refractivity contribution is 6.31. The molecule has 5 heteroatoms. The molecule has 2 rings (SSSR count). The molecule has 0 aromatic heterocycles. The summed E-state index contributed by atoms with van der Waals surface area (Å²) in [6, 6.07) is 0. The number of fused-ring (bicyclic) bond motifs is 1. The molecule has 2 aliphatic rings. The van der Waals surface area contributed by atoms with E-state index >= 15 is 0 Å². The van der Waals surface area contributed by atoms with E-state index in [2.05, 4.69) is 9.98 Å². The Bertz CT molecular complexity index is 299. The van der Waals surface area contributed by atoms with Gasteiger partial charge >= 0.3 is 0 Å². The van der Waals surface area contributed by atoms with Gasteiger partial charge in [0.1, 0.15) is 11.8 Å². The van der Waals surface area contributed by atoms with Crippen LogP contribution in [-0.4, -0.2) is 36.5 Å². The van der Waals surface area contributed by atoms with Gasteiger partial charge in [-0.1, -0.05) is 0 Å². The van der Waals surface area contributed by atoms with Gasteiger partial charge in [-0.3, -0.25) is 4.79 Å². The molecule has 0 aromatic carbocycles. The zero-order valence-electron chi connectivity index (χ0n) is 6.99. The molecule has 70 valence electrons. The third-order valence-electron chi connectivity index (χ3n) is 2.12. The van der Waals surface area contributed by atoms with Gasteiger partial charge in [0.25, 0.3) is 5.91 Å². The monoisotopic (exact) mass is 200 g/mol. The number of aliphatic imine (C=N–C) groups is 2. The Hall–Kier alpha value is -0.740. The van der Waals surface area contributed by atoms with E-state index in [4.69, 9.17) is 16.3 Å². The SMILES string of the molecule is O=C1N=C(CCl)N=C2CCOCC12. The van der Waals surface area contributed by atoms with Crippen LogP contribution in [-0.2, 0) is 9.53 Å². The smallest absolute Gasteiger partial charge is 0.258 e. The zero-order chi connectivity index (χ0) is 9.26. The summed E-state index contributed by atoms with van der Waals surface area (Å²) < 4.78 is 5.17. The van der Waals surface area contributed by atoms with E-state index in [-0.39, 0.29) is 17.7 Å². The number of nitrogens with zero attached hydrogens (tertiary/aromatic N) is 2. The number of hydrogen-bond donors (Lipinski definition) is 0. The van der Waals surface area contributed by atoms with Crippen LogP contribution >= 0.6 is 11.6 Å². The predicted octanol–water partition coefficient (Wildman–Crippen LogP) is 0.641. The number of rotatable bonds is 1. The minimum Gasteiger partial charge on any atom is -0.380 e. The summed E-state index contributed by atoms with van der Waals surface area (Å²) in [6.07, 6.45) is 0.715. The highest BCUT2D eigenvalue weighted by atomic mass is 35.5. The van der Waals surface area contributed by atoms with E-state index in [1.807, 2.05) is 0 Å². The molecule has 2 aliphatic heterocycles. The van der Waals surface area contributed by atoms with Crippen LogP contribution in [0.15, 0.2) is 9.98 Å². The van der Waals surface area contributed by atoms with Gasteiger partial charge in [-0.05, 0) is 0 Å². The molecule has 1 saturated heterocycles. The second-order valence-electron chi connectivity index (χ2n) is 2.98. The van der Waals surface area contributed by atoms with Gasteiger partial charge in [-0.15, -0.1) is 11.6 Å². The lowest BCUT2D eigenvalue weighted by Gasteiger charge is -2.24. The largest absolute Gasteiger partial charge is 0.380 e. The van der Waals surface area contributed by atoms with Crippen LogP contribution in [0.4, 0.5) is 0 Å². The lowest BCUT2D eigenvalue weighted by Crippen LogP contribution is -2.37. The number of ether oxygens (including phenoxy) is 1. The first-order chi connectivity index (χ1) is 6.31. The fourth-order valence-corrected chi connectivity index (χ4v) is 1.57. The van der Waals surface area contributed by atoms with Gasteiger partial charge < -0.3 is 4.74 Å². The van der Waals surface area contributed by atoms with Gasteiger partial charge in [0.05, 0.1) is 19.1 Å². The molecule has 0 aliphatic carbocycles. The molecule has 1 fully saturated rings. The highest BCUT2D eigenvalue weighted by Crippen LogP contribution is 2.17. The van der Waals surface area contributed by atoms with Crippen LogP contribution in [0, 0.1) is 5.92 Å². The average Bonchev–Trinajstić information content (AvgIpc) is 2.18. The van der Waals surface area contributed by atoms with Crippen LogP contribution in [0.1, 0.15) is 6.42 Å². The first kappa shape index (κ1) is 8.84. The van der Waals surface area contributed by atoms with Crippen molar-refractivity contribution in [3.05, 3.63) is 0 Å². The van der Waals surface area contributed by atoms with Gasteiger partial charge in [0, 0.05) is 12.1 Å². The van der Waals surface area contributed by atoms with Gasteiger partial charge in [0.15, 0.2) is 0 Å². The minimum atomic E-state index is -0.249. The first-order valence-electron chi connectivity index (χ1n) is 4.14. The van der Waals surface area contributed by atoms with E-state index in [1.54, 1.807) is 0 Å². The lowest BCUT2D eigenvalue weighted by atomic mass is 9.98. The van der Waals surface area contributed by atoms with E-state index < -0.39 is 0 Å². The molecule has 0 saturated carbocycles. The molecule has 1 amide bonds. The Labute approximate surface area is 80.7 Å². The van der Waals surface area contributed by atoms with E-state index in [1.165, 1.54) is 0 Å². The molecule has 0 bridgehead atoms. The molecule has 1 atom stereocenters. The van der Waals surface area contributed by atoms with Crippen molar-refractivity contribution >= 4 is 29.1 Å². The van der Waals surface area contributed by atoms with Crippen LogP contribution in [0.2, 0.25) is 0 Å². The van der Waals surface area contributed by atoms with Crippen LogP contribution in [0.5, 0.6) is 0 Å². The average molecular weight is 201 g/mol. The van der Waals surface area contributed by atoms with Crippen LogP contribution in [0.25, 0.3) is 0 Å². The number of amides is 1. The number of carbonyl (C=O) groups is 1. The zero-order valence-corrected chi connectivity index (χ0v) is 7.75. The lowest BCUT2D eigenvalue weighted by molar-refractivity contribution is -0.121. The summed E-state index contributed by atoms with van der Waals surface area (Å²) in [6.45, 7) is 1.05. The fourth-order valence-electron chi connectivity index (χ4n) is 1.45. The van der Waals surface area contributed by atoms with E-state index in [9.17, 15) is 4.79 Å². The molecule has 0 aromatic rings. The van der Waals surface area contributed by atoms with Crippen LogP contribution in [0.3, 0.4) is 0 Å². The van der Waals surface area contributed by atoms with Crippen molar-refractivity contribution in [3.63, 3.8) is 0 Å². The second kappa shape index (κ2) is 3.55.